The SMILES string of the molecule is CCCC(C(=C(O)O)c1ccccc1)c1ccccc1. The molecule has 2 heteroatoms. The zero-order valence-corrected chi connectivity index (χ0v) is 11.7. The Balaban J connectivity index is 2.48. The van der Waals surface area contributed by atoms with Crippen molar-refractivity contribution < 1.29 is 10.2 Å². The quantitative estimate of drug-likeness (QED) is 0.744. The van der Waals surface area contributed by atoms with E-state index in [4.69, 9.17) is 0 Å². The van der Waals surface area contributed by atoms with Gasteiger partial charge in [0, 0.05) is 11.5 Å². The van der Waals surface area contributed by atoms with Crippen molar-refractivity contribution in [1.82, 2.24) is 0 Å². The van der Waals surface area contributed by atoms with Crippen molar-refractivity contribution in [3.05, 3.63) is 77.7 Å². The molecule has 0 spiro atoms. The summed E-state index contributed by atoms with van der Waals surface area (Å²) < 4.78 is 0. The Labute approximate surface area is 120 Å². The number of aliphatic hydroxyl groups excluding tert-OH is 1. The van der Waals surface area contributed by atoms with Gasteiger partial charge in [-0.3, -0.25) is 0 Å². The highest BCUT2D eigenvalue weighted by Crippen LogP contribution is 2.36. The summed E-state index contributed by atoms with van der Waals surface area (Å²) in [6.07, 6.45) is 1.85. The van der Waals surface area contributed by atoms with Crippen molar-refractivity contribution in [2.45, 2.75) is 25.7 Å². The van der Waals surface area contributed by atoms with E-state index in [1.165, 1.54) is 0 Å². The standard InChI is InChI=1S/C18H20O2/c1-2-9-16(14-10-5-3-6-11-14)17(18(19)20)15-12-7-4-8-13-15/h3-8,10-13,16,19-20H,2,9H2,1H3. The number of hydrogen-bond acceptors (Lipinski definition) is 2. The van der Waals surface area contributed by atoms with Gasteiger partial charge in [0.15, 0.2) is 0 Å². The molecule has 0 radical (unpaired) electrons. The minimum atomic E-state index is -0.585. The predicted octanol–water partition coefficient (Wildman–Crippen LogP) is 5.06. The summed E-state index contributed by atoms with van der Waals surface area (Å²) in [5, 5.41) is 19.5. The van der Waals surface area contributed by atoms with Gasteiger partial charge in [0.2, 0.25) is 0 Å². The molecule has 0 saturated heterocycles. The van der Waals surface area contributed by atoms with E-state index in [9.17, 15) is 10.2 Å². The molecule has 2 nitrogen and oxygen atoms in total. The highest BCUT2D eigenvalue weighted by atomic mass is 16.5. The Hall–Kier alpha value is -2.22. The lowest BCUT2D eigenvalue weighted by Gasteiger charge is -2.20. The topological polar surface area (TPSA) is 40.5 Å². The number of aliphatic hydroxyl groups is 2. The molecular formula is C18H20O2. The van der Waals surface area contributed by atoms with E-state index >= 15 is 0 Å². The Kier molecular flexibility index (Phi) is 4.83. The van der Waals surface area contributed by atoms with E-state index in [0.717, 1.165) is 24.0 Å². The van der Waals surface area contributed by atoms with Crippen LogP contribution in [0.15, 0.2) is 66.6 Å². The summed E-state index contributed by atoms with van der Waals surface area (Å²) in [7, 11) is 0. The summed E-state index contributed by atoms with van der Waals surface area (Å²) in [5.41, 5.74) is 2.56. The van der Waals surface area contributed by atoms with Gasteiger partial charge in [0.25, 0.3) is 5.95 Å². The first-order chi connectivity index (χ1) is 9.74. The third-order valence-electron chi connectivity index (χ3n) is 3.45. The largest absolute Gasteiger partial charge is 0.481 e. The van der Waals surface area contributed by atoms with Gasteiger partial charge in [0.05, 0.1) is 0 Å². The summed E-state index contributed by atoms with van der Waals surface area (Å²) in [4.78, 5) is 0. The lowest BCUT2D eigenvalue weighted by Crippen LogP contribution is -2.05. The highest BCUT2D eigenvalue weighted by Gasteiger charge is 2.21. The molecular weight excluding hydrogens is 248 g/mol. The molecule has 20 heavy (non-hydrogen) atoms. The van der Waals surface area contributed by atoms with E-state index in [2.05, 4.69) is 6.92 Å². The van der Waals surface area contributed by atoms with Crippen LogP contribution in [0.1, 0.15) is 36.8 Å². The predicted molar refractivity (Wildman–Crippen MR) is 82.7 cm³/mol. The maximum atomic E-state index is 9.76. The first kappa shape index (κ1) is 14.2. The fourth-order valence-electron chi connectivity index (χ4n) is 2.56. The monoisotopic (exact) mass is 268 g/mol. The minimum absolute atomic E-state index is 0.00593. The van der Waals surface area contributed by atoms with E-state index in [1.54, 1.807) is 0 Å². The second-order valence-corrected chi connectivity index (χ2v) is 4.86. The van der Waals surface area contributed by atoms with Crippen LogP contribution in [0, 0.1) is 0 Å². The van der Waals surface area contributed by atoms with Crippen molar-refractivity contribution in [1.29, 1.82) is 0 Å². The molecule has 0 aromatic heterocycles. The number of benzene rings is 2. The highest BCUT2D eigenvalue weighted by molar-refractivity contribution is 5.72. The van der Waals surface area contributed by atoms with Gasteiger partial charge in [-0.15, -0.1) is 0 Å². The van der Waals surface area contributed by atoms with Crippen LogP contribution >= 0.6 is 0 Å². The molecule has 0 heterocycles. The first-order valence-electron chi connectivity index (χ1n) is 6.96. The van der Waals surface area contributed by atoms with Gasteiger partial charge >= 0.3 is 0 Å². The van der Waals surface area contributed by atoms with E-state index in [0.29, 0.717) is 5.57 Å². The number of allylic oxidation sites excluding steroid dienone is 1. The molecule has 1 atom stereocenters. The molecule has 2 aromatic rings. The van der Waals surface area contributed by atoms with Crippen LogP contribution in [0.5, 0.6) is 0 Å². The minimum Gasteiger partial charge on any atom is -0.481 e. The molecule has 2 aromatic carbocycles. The fourth-order valence-corrected chi connectivity index (χ4v) is 2.56. The van der Waals surface area contributed by atoms with Crippen molar-refractivity contribution in [3.8, 4) is 0 Å². The Bertz CT molecular complexity index is 554. The van der Waals surface area contributed by atoms with Gasteiger partial charge in [-0.2, -0.15) is 0 Å². The van der Waals surface area contributed by atoms with Gasteiger partial charge in [-0.05, 0) is 17.5 Å². The molecule has 0 aliphatic heterocycles. The molecule has 0 aliphatic rings. The van der Waals surface area contributed by atoms with Crippen LogP contribution < -0.4 is 0 Å². The third-order valence-corrected chi connectivity index (χ3v) is 3.45. The van der Waals surface area contributed by atoms with Crippen LogP contribution in [0.4, 0.5) is 0 Å². The Morgan fingerprint density at radius 2 is 1.45 bits per heavy atom. The third kappa shape index (κ3) is 3.21. The number of rotatable bonds is 5. The van der Waals surface area contributed by atoms with Gasteiger partial charge in [0.1, 0.15) is 0 Å². The van der Waals surface area contributed by atoms with Gasteiger partial charge < -0.3 is 10.2 Å². The van der Waals surface area contributed by atoms with Gasteiger partial charge in [-0.25, -0.2) is 0 Å². The van der Waals surface area contributed by atoms with Crippen LogP contribution in [0.3, 0.4) is 0 Å². The van der Waals surface area contributed by atoms with E-state index in [-0.39, 0.29) is 5.92 Å². The van der Waals surface area contributed by atoms with Crippen molar-refractivity contribution >= 4 is 5.57 Å². The molecule has 0 saturated carbocycles. The average molecular weight is 268 g/mol. The Morgan fingerprint density at radius 3 is 1.95 bits per heavy atom. The summed E-state index contributed by atoms with van der Waals surface area (Å²) in [6, 6.07) is 19.6. The van der Waals surface area contributed by atoms with Crippen LogP contribution in [0.2, 0.25) is 0 Å². The smallest absolute Gasteiger partial charge is 0.278 e. The lowest BCUT2D eigenvalue weighted by atomic mass is 9.84. The van der Waals surface area contributed by atoms with Crippen LogP contribution in [0.25, 0.3) is 5.57 Å². The zero-order valence-electron chi connectivity index (χ0n) is 11.7. The van der Waals surface area contributed by atoms with Crippen LogP contribution in [-0.2, 0) is 0 Å². The normalized spacial score (nSPS) is 11.8. The molecule has 104 valence electrons. The second kappa shape index (κ2) is 6.80. The maximum absolute atomic E-state index is 9.76. The second-order valence-electron chi connectivity index (χ2n) is 4.86. The Morgan fingerprint density at radius 1 is 0.900 bits per heavy atom. The molecule has 0 bridgehead atoms. The molecule has 2 rings (SSSR count). The average Bonchev–Trinajstić information content (AvgIpc) is 2.48. The van der Waals surface area contributed by atoms with Crippen molar-refractivity contribution in [2.75, 3.05) is 0 Å². The van der Waals surface area contributed by atoms with Gasteiger partial charge in [-0.1, -0.05) is 74.0 Å². The van der Waals surface area contributed by atoms with Crippen molar-refractivity contribution in [2.24, 2.45) is 0 Å². The molecule has 0 aliphatic carbocycles. The van der Waals surface area contributed by atoms with Crippen molar-refractivity contribution in [3.63, 3.8) is 0 Å². The van der Waals surface area contributed by atoms with E-state index in [1.807, 2.05) is 60.7 Å². The fraction of sp³-hybridized carbons (Fsp3) is 0.222. The molecule has 1 unspecified atom stereocenters. The lowest BCUT2D eigenvalue weighted by molar-refractivity contribution is 0.192. The molecule has 0 fully saturated rings. The maximum Gasteiger partial charge on any atom is 0.278 e. The molecule has 2 N–H and O–H groups in total. The summed E-state index contributed by atoms with van der Waals surface area (Å²) in [5.74, 6) is -0.591. The van der Waals surface area contributed by atoms with E-state index < -0.39 is 5.95 Å². The summed E-state index contributed by atoms with van der Waals surface area (Å²) in [6.45, 7) is 2.10. The van der Waals surface area contributed by atoms with Crippen LogP contribution in [-0.4, -0.2) is 10.2 Å². The first-order valence-corrected chi connectivity index (χ1v) is 6.96. The number of hydrogen-bond donors (Lipinski definition) is 2. The molecule has 0 amide bonds. The summed E-state index contributed by atoms with van der Waals surface area (Å²) >= 11 is 0. The zero-order chi connectivity index (χ0) is 14.4.